The molecule has 0 fully saturated rings. The highest BCUT2D eigenvalue weighted by molar-refractivity contribution is 6.01. The number of nitrogens with two attached hydrogens (primary N) is 1. The number of hydrogen-bond donors (Lipinski definition) is 2. The molecule has 1 aromatic carbocycles. The van der Waals surface area contributed by atoms with Crippen LogP contribution in [0.15, 0.2) is 33.9 Å². The van der Waals surface area contributed by atoms with E-state index in [4.69, 9.17) is 11.0 Å². The third kappa shape index (κ3) is 2.92. The van der Waals surface area contributed by atoms with Gasteiger partial charge in [0.1, 0.15) is 11.4 Å². The van der Waals surface area contributed by atoms with E-state index in [9.17, 15) is 14.4 Å². The molecule has 1 aromatic heterocycles. The first-order chi connectivity index (χ1) is 10.9. The van der Waals surface area contributed by atoms with Crippen LogP contribution in [-0.2, 0) is 0 Å². The van der Waals surface area contributed by atoms with Crippen molar-refractivity contribution in [3.8, 4) is 11.8 Å². The lowest BCUT2D eigenvalue weighted by Crippen LogP contribution is -2.35. The van der Waals surface area contributed by atoms with Crippen LogP contribution in [0.2, 0.25) is 0 Å². The fourth-order valence-corrected chi connectivity index (χ4v) is 2.40. The summed E-state index contributed by atoms with van der Waals surface area (Å²) in [5.41, 5.74) is 5.28. The number of nitriles is 1. The van der Waals surface area contributed by atoms with Crippen LogP contribution in [0.5, 0.6) is 0 Å². The van der Waals surface area contributed by atoms with Gasteiger partial charge in [-0.25, -0.2) is 9.36 Å². The Morgan fingerprint density at radius 1 is 1.35 bits per heavy atom. The number of rotatable bonds is 4. The van der Waals surface area contributed by atoms with Gasteiger partial charge < -0.3 is 5.73 Å². The Hall–Kier alpha value is -3.14. The molecule has 0 aliphatic heterocycles. The molecule has 0 aliphatic carbocycles. The van der Waals surface area contributed by atoms with Crippen LogP contribution in [0.25, 0.3) is 5.69 Å². The van der Waals surface area contributed by atoms with Crippen molar-refractivity contribution in [1.82, 2.24) is 9.55 Å². The Bertz CT molecular complexity index is 916. The molecule has 0 spiro atoms. The summed E-state index contributed by atoms with van der Waals surface area (Å²) >= 11 is 0. The second-order valence-corrected chi connectivity index (χ2v) is 5.33. The fraction of sp³-hybridized carbons (Fsp3) is 0.250. The lowest BCUT2D eigenvalue weighted by molar-refractivity contribution is 0.0996. The molecule has 118 valence electrons. The number of carbonyl (C=O) groups excluding carboxylic acids is 1. The van der Waals surface area contributed by atoms with Gasteiger partial charge in [0.05, 0.1) is 18.2 Å². The molecule has 7 heteroatoms. The monoisotopic (exact) mass is 312 g/mol. The van der Waals surface area contributed by atoms with E-state index in [1.165, 1.54) is 0 Å². The van der Waals surface area contributed by atoms with Gasteiger partial charge in [-0.2, -0.15) is 5.26 Å². The Morgan fingerprint density at radius 3 is 2.61 bits per heavy atom. The van der Waals surface area contributed by atoms with Gasteiger partial charge in [0.15, 0.2) is 5.78 Å². The van der Waals surface area contributed by atoms with Crippen molar-refractivity contribution >= 4 is 11.6 Å². The minimum absolute atomic E-state index is 0.0997. The van der Waals surface area contributed by atoms with Crippen LogP contribution in [0, 0.1) is 11.3 Å². The minimum Gasteiger partial charge on any atom is -0.384 e. The van der Waals surface area contributed by atoms with E-state index < -0.39 is 23.5 Å². The zero-order chi connectivity index (χ0) is 17.1. The first kappa shape index (κ1) is 16.2. The number of nitrogen functional groups attached to an aromatic ring is 1. The van der Waals surface area contributed by atoms with E-state index in [-0.39, 0.29) is 17.3 Å². The highest BCUT2D eigenvalue weighted by Crippen LogP contribution is 2.24. The Kier molecular flexibility index (Phi) is 4.46. The zero-order valence-electron chi connectivity index (χ0n) is 12.8. The van der Waals surface area contributed by atoms with Crippen molar-refractivity contribution < 1.29 is 4.79 Å². The van der Waals surface area contributed by atoms with Crippen LogP contribution in [0.1, 0.15) is 42.1 Å². The van der Waals surface area contributed by atoms with Crippen molar-refractivity contribution in [2.24, 2.45) is 0 Å². The molecule has 0 amide bonds. The number of hydrogen-bond acceptors (Lipinski definition) is 5. The smallest absolute Gasteiger partial charge is 0.334 e. The summed E-state index contributed by atoms with van der Waals surface area (Å²) in [6.07, 6.45) is -0.489. The number of benzene rings is 1. The number of H-pyrrole nitrogens is 1. The zero-order valence-corrected chi connectivity index (χ0v) is 12.8. The summed E-state index contributed by atoms with van der Waals surface area (Å²) in [5, 5.41) is 8.65. The number of para-hydroxylation sites is 1. The third-order valence-corrected chi connectivity index (χ3v) is 3.47. The molecule has 0 radical (unpaired) electrons. The van der Waals surface area contributed by atoms with E-state index in [1.807, 2.05) is 26.0 Å². The molecule has 0 bridgehead atoms. The molecule has 0 aliphatic rings. The molecule has 0 saturated heterocycles. The first-order valence-electron chi connectivity index (χ1n) is 7.02. The van der Waals surface area contributed by atoms with E-state index in [0.717, 1.165) is 10.1 Å². The van der Waals surface area contributed by atoms with Crippen molar-refractivity contribution in [3.05, 3.63) is 56.2 Å². The first-order valence-corrected chi connectivity index (χ1v) is 7.02. The Balaban J connectivity index is 2.83. The number of Topliss-reactive ketones (excluding diaryl/α,β-unsaturated/α-hetero) is 1. The third-order valence-electron chi connectivity index (χ3n) is 3.47. The van der Waals surface area contributed by atoms with Gasteiger partial charge >= 0.3 is 5.69 Å². The van der Waals surface area contributed by atoms with Gasteiger partial charge in [-0.15, -0.1) is 0 Å². The summed E-state index contributed by atoms with van der Waals surface area (Å²) in [4.78, 5) is 38.2. The minimum atomic E-state index is -0.883. The SMILES string of the molecule is CC(C)c1ccccc1-n1c(N)c(C(=O)CC#N)c(=O)[nH]c1=O. The van der Waals surface area contributed by atoms with Crippen molar-refractivity contribution in [2.75, 3.05) is 5.73 Å². The molecule has 1 heterocycles. The molecule has 0 unspecified atom stereocenters. The van der Waals surface area contributed by atoms with Gasteiger partial charge in [0, 0.05) is 0 Å². The lowest BCUT2D eigenvalue weighted by Gasteiger charge is -2.17. The van der Waals surface area contributed by atoms with Gasteiger partial charge in [-0.05, 0) is 17.5 Å². The topological polar surface area (TPSA) is 122 Å². The number of nitrogens with one attached hydrogen (secondary N) is 1. The summed E-state index contributed by atoms with van der Waals surface area (Å²) in [7, 11) is 0. The van der Waals surface area contributed by atoms with Crippen LogP contribution < -0.4 is 17.0 Å². The lowest BCUT2D eigenvalue weighted by atomic mass is 10.0. The molecule has 2 rings (SSSR count). The van der Waals surface area contributed by atoms with E-state index in [2.05, 4.69) is 4.98 Å². The predicted molar refractivity (Wildman–Crippen MR) is 85.7 cm³/mol. The quantitative estimate of drug-likeness (QED) is 0.825. The van der Waals surface area contributed by atoms with E-state index in [1.54, 1.807) is 18.2 Å². The van der Waals surface area contributed by atoms with Gasteiger partial charge in [0.25, 0.3) is 5.56 Å². The number of aromatic nitrogens is 2. The number of carbonyl (C=O) groups is 1. The molecule has 3 N–H and O–H groups in total. The normalized spacial score (nSPS) is 10.5. The van der Waals surface area contributed by atoms with E-state index >= 15 is 0 Å². The molecular formula is C16H16N4O3. The van der Waals surface area contributed by atoms with Crippen LogP contribution >= 0.6 is 0 Å². The fourth-order valence-electron chi connectivity index (χ4n) is 2.40. The van der Waals surface area contributed by atoms with Crippen molar-refractivity contribution in [2.45, 2.75) is 26.2 Å². The van der Waals surface area contributed by atoms with Crippen molar-refractivity contribution in [1.29, 1.82) is 5.26 Å². The van der Waals surface area contributed by atoms with Crippen molar-refractivity contribution in [3.63, 3.8) is 0 Å². The number of aromatic amines is 1. The number of anilines is 1. The molecule has 7 nitrogen and oxygen atoms in total. The average molecular weight is 312 g/mol. The maximum Gasteiger partial charge on any atom is 0.334 e. The van der Waals surface area contributed by atoms with Gasteiger partial charge in [-0.1, -0.05) is 32.0 Å². The summed E-state index contributed by atoms with van der Waals surface area (Å²) < 4.78 is 1.10. The second-order valence-electron chi connectivity index (χ2n) is 5.33. The standard InChI is InChI=1S/C16H16N4O3/c1-9(2)10-5-3-4-6-11(10)20-14(18)13(12(21)7-8-17)15(22)19-16(20)23/h3-6,9H,7,18H2,1-2H3,(H,19,22,23). The van der Waals surface area contributed by atoms with E-state index in [0.29, 0.717) is 5.69 Å². The van der Waals surface area contributed by atoms with Gasteiger partial charge in [0.2, 0.25) is 0 Å². The Labute approximate surface area is 132 Å². The maximum absolute atomic E-state index is 12.2. The molecule has 0 atom stereocenters. The van der Waals surface area contributed by atoms with Crippen LogP contribution in [0.3, 0.4) is 0 Å². The summed E-state index contributed by atoms with van der Waals surface area (Å²) in [6.45, 7) is 3.90. The number of nitrogens with zero attached hydrogens (tertiary/aromatic N) is 2. The highest BCUT2D eigenvalue weighted by Gasteiger charge is 2.21. The van der Waals surface area contributed by atoms with Crippen LogP contribution in [0.4, 0.5) is 5.82 Å². The molecular weight excluding hydrogens is 296 g/mol. The van der Waals surface area contributed by atoms with Gasteiger partial charge in [-0.3, -0.25) is 14.6 Å². The number of ketones is 1. The van der Waals surface area contributed by atoms with Crippen LogP contribution in [-0.4, -0.2) is 15.3 Å². The predicted octanol–water partition coefficient (Wildman–Crippen LogP) is 1.33. The molecule has 2 aromatic rings. The second kappa shape index (κ2) is 6.32. The Morgan fingerprint density at radius 2 is 2.00 bits per heavy atom. The summed E-state index contributed by atoms with van der Waals surface area (Å²) in [6, 6.07) is 8.76. The highest BCUT2D eigenvalue weighted by atomic mass is 16.2. The molecule has 0 saturated carbocycles. The average Bonchev–Trinajstić information content (AvgIpc) is 2.47. The molecule has 23 heavy (non-hydrogen) atoms. The maximum atomic E-state index is 12.2. The largest absolute Gasteiger partial charge is 0.384 e. The summed E-state index contributed by atoms with van der Waals surface area (Å²) in [5.74, 6) is -0.878.